The molecule has 0 spiro atoms. The predicted molar refractivity (Wildman–Crippen MR) is 168 cm³/mol. The van der Waals surface area contributed by atoms with Crippen molar-refractivity contribution in [2.45, 2.75) is 44.1 Å². The minimum absolute atomic E-state index is 0.0779. The molecule has 1 N–H and O–H groups in total. The number of likely N-dealkylation sites (N-methyl/N-ethyl adjacent to an activating group) is 1. The van der Waals surface area contributed by atoms with Crippen molar-refractivity contribution < 1.29 is 4.79 Å². The summed E-state index contributed by atoms with van der Waals surface area (Å²) >= 11 is 0. The Bertz CT molecular complexity index is 1610. The quantitative estimate of drug-likeness (QED) is 0.275. The fraction of sp³-hybridized carbons (Fsp3) is 0.250. The van der Waals surface area contributed by atoms with Crippen molar-refractivity contribution in [3.05, 3.63) is 149 Å². The number of nitrogens with one attached hydrogen (secondary N) is 1. The standard InChI is InChI=1S/C36H36N6O/c1-40-33-23-27(24-41-21-22-42-34(25-41)37-26-38-42)17-18-28(33)19-20-32(35(40)43)39-36(29-11-5-2-6-12-29,30-13-7-3-8-14-30)31-15-9-4-10-16-31/h2-18,23,26,32,39H,19-22,24-25H2,1H3. The molecule has 1 amide bonds. The molecule has 1 atom stereocenters. The maximum absolute atomic E-state index is 14.3. The number of carbonyl (C=O) groups is 1. The zero-order chi connectivity index (χ0) is 29.2. The lowest BCUT2D eigenvalue weighted by Crippen LogP contribution is -2.55. The van der Waals surface area contributed by atoms with E-state index in [4.69, 9.17) is 0 Å². The molecular weight excluding hydrogens is 532 g/mol. The Labute approximate surface area is 252 Å². The number of carbonyl (C=O) groups excluding carboxylic acids is 1. The highest BCUT2D eigenvalue weighted by molar-refractivity contribution is 5.98. The van der Waals surface area contributed by atoms with Crippen LogP contribution in [0.3, 0.4) is 0 Å². The molecule has 5 aromatic rings. The van der Waals surface area contributed by atoms with Gasteiger partial charge in [0.25, 0.3) is 0 Å². The highest BCUT2D eigenvalue weighted by Gasteiger charge is 2.41. The van der Waals surface area contributed by atoms with Crippen molar-refractivity contribution in [2.24, 2.45) is 0 Å². The number of hydrogen-bond donors (Lipinski definition) is 1. The third-order valence-electron chi connectivity index (χ3n) is 8.95. The average molecular weight is 569 g/mol. The summed E-state index contributed by atoms with van der Waals surface area (Å²) < 4.78 is 1.98. The van der Waals surface area contributed by atoms with Gasteiger partial charge in [0, 0.05) is 25.8 Å². The molecule has 7 rings (SSSR count). The van der Waals surface area contributed by atoms with Gasteiger partial charge in [-0.2, -0.15) is 5.10 Å². The smallest absolute Gasteiger partial charge is 0.243 e. The molecule has 7 nitrogen and oxygen atoms in total. The monoisotopic (exact) mass is 568 g/mol. The molecule has 0 saturated heterocycles. The summed E-state index contributed by atoms with van der Waals surface area (Å²) in [7, 11) is 1.92. The van der Waals surface area contributed by atoms with Gasteiger partial charge in [0.15, 0.2) is 0 Å². The molecule has 7 heteroatoms. The largest absolute Gasteiger partial charge is 0.314 e. The second-order valence-corrected chi connectivity index (χ2v) is 11.6. The van der Waals surface area contributed by atoms with Crippen LogP contribution < -0.4 is 10.2 Å². The Kier molecular flexibility index (Phi) is 7.35. The Morgan fingerprint density at radius 3 is 2.09 bits per heavy atom. The predicted octanol–water partition coefficient (Wildman–Crippen LogP) is 5.15. The van der Waals surface area contributed by atoms with Gasteiger partial charge in [0.05, 0.1) is 24.7 Å². The van der Waals surface area contributed by atoms with Crippen molar-refractivity contribution in [1.82, 2.24) is 25.0 Å². The molecule has 1 unspecified atom stereocenters. The summed E-state index contributed by atoms with van der Waals surface area (Å²) in [5.74, 6) is 1.08. The van der Waals surface area contributed by atoms with Crippen LogP contribution in [0.1, 0.15) is 40.1 Å². The van der Waals surface area contributed by atoms with E-state index in [9.17, 15) is 4.79 Å². The highest BCUT2D eigenvalue weighted by atomic mass is 16.2. The first-order valence-corrected chi connectivity index (χ1v) is 15.0. The third-order valence-corrected chi connectivity index (χ3v) is 8.95. The van der Waals surface area contributed by atoms with E-state index < -0.39 is 11.6 Å². The number of aryl methyl sites for hydroxylation is 1. The first-order chi connectivity index (χ1) is 21.1. The van der Waals surface area contributed by atoms with Crippen molar-refractivity contribution in [3.8, 4) is 0 Å². The topological polar surface area (TPSA) is 66.3 Å². The number of anilines is 1. The van der Waals surface area contributed by atoms with Crippen molar-refractivity contribution in [1.29, 1.82) is 0 Å². The van der Waals surface area contributed by atoms with Crippen LogP contribution in [0, 0.1) is 0 Å². The molecular formula is C36H36N6O. The number of nitrogens with zero attached hydrogens (tertiary/aromatic N) is 5. The molecule has 0 aliphatic carbocycles. The summed E-state index contributed by atoms with van der Waals surface area (Å²) in [4.78, 5) is 23.0. The van der Waals surface area contributed by atoms with E-state index in [1.165, 1.54) is 11.1 Å². The van der Waals surface area contributed by atoms with Crippen molar-refractivity contribution in [3.63, 3.8) is 0 Å². The van der Waals surface area contributed by atoms with Gasteiger partial charge < -0.3 is 4.90 Å². The number of amides is 1. The second-order valence-electron chi connectivity index (χ2n) is 11.6. The molecule has 4 aromatic carbocycles. The normalized spacial score (nSPS) is 17.3. The number of benzene rings is 4. The van der Waals surface area contributed by atoms with Crippen LogP contribution >= 0.6 is 0 Å². The van der Waals surface area contributed by atoms with Crippen LogP contribution in [0.4, 0.5) is 5.69 Å². The van der Waals surface area contributed by atoms with Crippen LogP contribution in [0.25, 0.3) is 0 Å². The first kappa shape index (κ1) is 27.3. The minimum Gasteiger partial charge on any atom is -0.314 e. The van der Waals surface area contributed by atoms with E-state index in [1.807, 2.05) is 34.8 Å². The Balaban J connectivity index is 1.21. The number of rotatable bonds is 7. The fourth-order valence-electron chi connectivity index (χ4n) is 6.72. The van der Waals surface area contributed by atoms with Gasteiger partial charge in [-0.25, -0.2) is 9.67 Å². The second kappa shape index (κ2) is 11.6. The maximum Gasteiger partial charge on any atom is 0.243 e. The van der Waals surface area contributed by atoms with Crippen LogP contribution in [-0.2, 0) is 36.4 Å². The Morgan fingerprint density at radius 2 is 1.47 bits per heavy atom. The zero-order valence-corrected chi connectivity index (χ0v) is 24.4. The summed E-state index contributed by atoms with van der Waals surface area (Å²) in [5, 5.41) is 8.25. The maximum atomic E-state index is 14.3. The van der Waals surface area contributed by atoms with Gasteiger partial charge in [-0.3, -0.25) is 15.0 Å². The summed E-state index contributed by atoms with van der Waals surface area (Å²) in [6.45, 7) is 3.36. The van der Waals surface area contributed by atoms with Crippen LogP contribution in [0.2, 0.25) is 0 Å². The number of fused-ring (bicyclic) bond motifs is 2. The molecule has 3 heterocycles. The van der Waals surface area contributed by atoms with E-state index in [1.54, 1.807) is 6.33 Å². The van der Waals surface area contributed by atoms with Gasteiger partial charge in [0.2, 0.25) is 5.91 Å². The van der Waals surface area contributed by atoms with Gasteiger partial charge in [-0.05, 0) is 46.7 Å². The van der Waals surface area contributed by atoms with Crippen LogP contribution in [0.5, 0.6) is 0 Å². The SMILES string of the molecule is CN1C(=O)C(NC(c2ccccc2)(c2ccccc2)c2ccccc2)CCc2ccc(CN3CCn4ncnc4C3)cc21. The third kappa shape index (κ3) is 5.15. The highest BCUT2D eigenvalue weighted by Crippen LogP contribution is 2.39. The summed E-state index contributed by atoms with van der Waals surface area (Å²) in [6.07, 6.45) is 3.14. The lowest BCUT2D eigenvalue weighted by Gasteiger charge is -2.40. The van der Waals surface area contributed by atoms with E-state index in [0.29, 0.717) is 6.42 Å². The minimum atomic E-state index is -0.707. The van der Waals surface area contributed by atoms with Crippen molar-refractivity contribution in [2.75, 3.05) is 18.5 Å². The van der Waals surface area contributed by atoms with Crippen molar-refractivity contribution >= 4 is 11.6 Å². The van der Waals surface area contributed by atoms with Gasteiger partial charge in [-0.1, -0.05) is 103 Å². The zero-order valence-electron chi connectivity index (χ0n) is 24.4. The van der Waals surface area contributed by atoms with Gasteiger partial charge >= 0.3 is 0 Å². The van der Waals surface area contributed by atoms with E-state index in [0.717, 1.165) is 60.8 Å². The number of hydrogen-bond acceptors (Lipinski definition) is 5. The lowest BCUT2D eigenvalue weighted by atomic mass is 9.76. The molecule has 0 radical (unpaired) electrons. The van der Waals surface area contributed by atoms with E-state index >= 15 is 0 Å². The van der Waals surface area contributed by atoms with Crippen LogP contribution in [-0.4, -0.2) is 45.2 Å². The molecule has 0 bridgehead atoms. The molecule has 43 heavy (non-hydrogen) atoms. The number of aromatic nitrogens is 3. The molecule has 1 aromatic heterocycles. The molecule has 216 valence electrons. The fourth-order valence-corrected chi connectivity index (χ4v) is 6.72. The summed E-state index contributed by atoms with van der Waals surface area (Å²) in [6, 6.07) is 37.7. The molecule has 0 fully saturated rings. The van der Waals surface area contributed by atoms with E-state index in [2.05, 4.69) is 111 Å². The van der Waals surface area contributed by atoms with Gasteiger partial charge in [-0.15, -0.1) is 0 Å². The van der Waals surface area contributed by atoms with Gasteiger partial charge in [0.1, 0.15) is 12.2 Å². The Morgan fingerprint density at radius 1 is 0.837 bits per heavy atom. The molecule has 0 saturated carbocycles. The van der Waals surface area contributed by atoms with E-state index in [-0.39, 0.29) is 5.91 Å². The van der Waals surface area contributed by atoms with Crippen LogP contribution in [0.15, 0.2) is 116 Å². The average Bonchev–Trinajstić information content (AvgIpc) is 3.50. The first-order valence-electron chi connectivity index (χ1n) is 15.0. The molecule has 2 aliphatic heterocycles. The lowest BCUT2D eigenvalue weighted by molar-refractivity contribution is -0.120. The Hall–Kier alpha value is -4.59. The molecule has 2 aliphatic rings. The summed E-state index contributed by atoms with van der Waals surface area (Å²) in [5.41, 5.74) is 5.99.